The normalized spacial score (nSPS) is 15.3. The Balaban J connectivity index is 1.54. The van der Waals surface area contributed by atoms with Gasteiger partial charge in [-0.25, -0.2) is 9.07 Å². The van der Waals surface area contributed by atoms with Crippen LogP contribution in [0.15, 0.2) is 82.5 Å². The van der Waals surface area contributed by atoms with Gasteiger partial charge in [-0.1, -0.05) is 60.7 Å². The highest BCUT2D eigenvalue weighted by Crippen LogP contribution is 2.37. The van der Waals surface area contributed by atoms with Gasteiger partial charge < -0.3 is 5.32 Å². The number of thioether (sulfide) groups is 1. The number of aromatic nitrogens is 2. The summed E-state index contributed by atoms with van der Waals surface area (Å²) in [5.74, 6) is 0.0576. The molecule has 1 N–H and O–H groups in total. The molecule has 0 aliphatic carbocycles. The monoisotopic (exact) mass is 445 g/mol. The molecule has 3 aromatic carbocycles. The zero-order valence-corrected chi connectivity index (χ0v) is 17.9. The molecule has 0 saturated heterocycles. The number of hydrogen-bond donors (Lipinski definition) is 1. The fourth-order valence-electron chi connectivity index (χ4n) is 4.03. The van der Waals surface area contributed by atoms with Gasteiger partial charge in [0.1, 0.15) is 5.82 Å². The Bertz CT molecular complexity index is 1370. The molecule has 1 atom stereocenters. The van der Waals surface area contributed by atoms with E-state index in [0.717, 1.165) is 11.1 Å². The van der Waals surface area contributed by atoms with E-state index in [-0.39, 0.29) is 35.6 Å². The summed E-state index contributed by atoms with van der Waals surface area (Å²) in [5, 5.41) is 8.41. The lowest BCUT2D eigenvalue weighted by Gasteiger charge is -2.26. The van der Waals surface area contributed by atoms with Crippen LogP contribution in [0.4, 0.5) is 4.39 Å². The van der Waals surface area contributed by atoms with Crippen molar-refractivity contribution in [2.24, 2.45) is 0 Å². The Morgan fingerprint density at radius 1 is 1.03 bits per heavy atom. The van der Waals surface area contributed by atoms with E-state index in [1.54, 1.807) is 30.3 Å². The minimum atomic E-state index is -0.380. The zero-order chi connectivity index (χ0) is 22.1. The van der Waals surface area contributed by atoms with Crippen molar-refractivity contribution < 1.29 is 9.18 Å². The first-order chi connectivity index (χ1) is 15.6. The number of fused-ring (bicyclic) bond motifs is 2. The van der Waals surface area contributed by atoms with Gasteiger partial charge in [-0.3, -0.25) is 9.59 Å². The number of rotatable bonds is 4. The van der Waals surface area contributed by atoms with E-state index < -0.39 is 0 Å². The van der Waals surface area contributed by atoms with Crippen molar-refractivity contribution in [1.29, 1.82) is 0 Å². The van der Waals surface area contributed by atoms with E-state index in [4.69, 9.17) is 0 Å². The highest BCUT2D eigenvalue weighted by atomic mass is 32.2. The Morgan fingerprint density at radius 3 is 2.59 bits per heavy atom. The summed E-state index contributed by atoms with van der Waals surface area (Å²) in [6.07, 6.45) is 0.689. The molecule has 1 aliphatic heterocycles. The van der Waals surface area contributed by atoms with Crippen molar-refractivity contribution in [3.8, 4) is 0 Å². The number of amides is 1. The molecule has 32 heavy (non-hydrogen) atoms. The molecule has 0 radical (unpaired) electrons. The molecule has 5 rings (SSSR count). The Kier molecular flexibility index (Phi) is 5.49. The topological polar surface area (TPSA) is 64.0 Å². The zero-order valence-electron chi connectivity index (χ0n) is 17.1. The summed E-state index contributed by atoms with van der Waals surface area (Å²) in [7, 11) is 0. The lowest BCUT2D eigenvalue weighted by molar-refractivity contribution is 0.0929. The van der Waals surface area contributed by atoms with E-state index in [1.807, 2.05) is 36.4 Å². The molecule has 1 aromatic heterocycles. The van der Waals surface area contributed by atoms with E-state index in [0.29, 0.717) is 27.8 Å². The Hall–Kier alpha value is -3.45. The number of hydrogen-bond acceptors (Lipinski definition) is 4. The quantitative estimate of drug-likeness (QED) is 0.501. The Labute approximate surface area is 188 Å². The predicted octanol–water partition coefficient (Wildman–Crippen LogP) is 4.55. The van der Waals surface area contributed by atoms with Crippen LogP contribution in [0.2, 0.25) is 0 Å². The summed E-state index contributed by atoms with van der Waals surface area (Å²) < 4.78 is 15.6. The molecule has 160 valence electrons. The third-order valence-electron chi connectivity index (χ3n) is 5.59. The van der Waals surface area contributed by atoms with Crippen molar-refractivity contribution >= 4 is 28.4 Å². The van der Waals surface area contributed by atoms with Crippen LogP contribution in [0.3, 0.4) is 0 Å². The first-order valence-corrected chi connectivity index (χ1v) is 11.4. The number of carbonyl (C=O) groups excluding carboxylic acids is 1. The van der Waals surface area contributed by atoms with E-state index in [9.17, 15) is 14.0 Å². The second-order valence-electron chi connectivity index (χ2n) is 7.66. The fourth-order valence-corrected chi connectivity index (χ4v) is 5.17. The van der Waals surface area contributed by atoms with E-state index in [2.05, 4.69) is 10.4 Å². The molecule has 5 nitrogen and oxygen atoms in total. The minimum Gasteiger partial charge on any atom is -0.344 e. The maximum absolute atomic E-state index is 14.2. The van der Waals surface area contributed by atoms with Gasteiger partial charge >= 0.3 is 0 Å². The van der Waals surface area contributed by atoms with Gasteiger partial charge in [0, 0.05) is 16.0 Å². The van der Waals surface area contributed by atoms with Crippen LogP contribution < -0.4 is 10.9 Å². The molecule has 1 aliphatic rings. The van der Waals surface area contributed by atoms with Crippen LogP contribution in [0.1, 0.15) is 34.1 Å². The van der Waals surface area contributed by atoms with E-state index >= 15 is 0 Å². The third kappa shape index (κ3) is 3.80. The summed E-state index contributed by atoms with van der Waals surface area (Å²) >= 11 is 1.46. The maximum Gasteiger partial charge on any atom is 0.274 e. The number of nitrogens with zero attached hydrogens (tertiary/aromatic N) is 2. The molecular formula is C25H20FN3O2S. The van der Waals surface area contributed by atoms with E-state index in [1.165, 1.54) is 22.5 Å². The van der Waals surface area contributed by atoms with Crippen molar-refractivity contribution in [3.63, 3.8) is 0 Å². The van der Waals surface area contributed by atoms with Crippen molar-refractivity contribution in [2.75, 3.05) is 5.75 Å². The van der Waals surface area contributed by atoms with Crippen molar-refractivity contribution in [2.45, 2.75) is 23.9 Å². The summed E-state index contributed by atoms with van der Waals surface area (Å²) in [5.41, 5.74) is 1.63. The number of benzene rings is 3. The average Bonchev–Trinajstić information content (AvgIpc) is 2.82. The lowest BCUT2D eigenvalue weighted by Crippen LogP contribution is -2.34. The standard InChI is InChI=1S/C25H20FN3O2S/c26-20-12-6-11-19-21(13-14-32-23(19)20)27-24(30)22-17-9-4-5-10-18(17)25(31)29(28-22)15-16-7-2-1-3-8-16/h1-12,21H,13-15H2,(H,27,30). The maximum atomic E-state index is 14.2. The smallest absolute Gasteiger partial charge is 0.274 e. The summed E-state index contributed by atoms with van der Waals surface area (Å²) in [6, 6.07) is 21.1. The van der Waals surface area contributed by atoms with Crippen LogP contribution >= 0.6 is 11.8 Å². The molecular weight excluding hydrogens is 425 g/mol. The lowest BCUT2D eigenvalue weighted by atomic mass is 10.0. The second kappa shape index (κ2) is 8.59. The summed E-state index contributed by atoms with van der Waals surface area (Å²) in [6.45, 7) is 0.263. The molecule has 1 unspecified atom stereocenters. The molecule has 0 spiro atoms. The molecule has 0 bridgehead atoms. The average molecular weight is 446 g/mol. The van der Waals surface area contributed by atoms with Gasteiger partial charge in [0.15, 0.2) is 5.69 Å². The van der Waals surface area contributed by atoms with Crippen molar-refractivity contribution in [1.82, 2.24) is 15.1 Å². The van der Waals surface area contributed by atoms with Gasteiger partial charge in [-0.2, -0.15) is 5.10 Å². The van der Waals surface area contributed by atoms with Gasteiger partial charge in [0.2, 0.25) is 0 Å². The van der Waals surface area contributed by atoms with Crippen LogP contribution in [0.25, 0.3) is 10.8 Å². The minimum absolute atomic E-state index is 0.187. The van der Waals surface area contributed by atoms with Crippen molar-refractivity contribution in [3.05, 3.63) is 106 Å². The van der Waals surface area contributed by atoms with Gasteiger partial charge in [-0.05, 0) is 29.7 Å². The molecule has 4 aromatic rings. The van der Waals surface area contributed by atoms with Gasteiger partial charge in [0.25, 0.3) is 11.5 Å². The first-order valence-electron chi connectivity index (χ1n) is 10.4. The number of carbonyl (C=O) groups is 1. The van der Waals surface area contributed by atoms with Crippen LogP contribution in [0, 0.1) is 5.82 Å². The summed E-state index contributed by atoms with van der Waals surface area (Å²) in [4.78, 5) is 27.0. The molecule has 0 saturated carbocycles. The largest absolute Gasteiger partial charge is 0.344 e. The van der Waals surface area contributed by atoms with Gasteiger partial charge in [0.05, 0.1) is 18.0 Å². The predicted molar refractivity (Wildman–Crippen MR) is 123 cm³/mol. The fraction of sp³-hybridized carbons (Fsp3) is 0.160. The Morgan fingerprint density at radius 2 is 1.78 bits per heavy atom. The molecule has 0 fully saturated rings. The highest BCUT2D eigenvalue weighted by Gasteiger charge is 2.26. The third-order valence-corrected chi connectivity index (χ3v) is 6.75. The highest BCUT2D eigenvalue weighted by molar-refractivity contribution is 7.99. The van der Waals surface area contributed by atoms with Crippen LogP contribution in [-0.4, -0.2) is 21.4 Å². The molecule has 2 heterocycles. The number of halogens is 1. The van der Waals surface area contributed by atoms with Crippen LogP contribution in [-0.2, 0) is 6.54 Å². The SMILES string of the molecule is O=C(NC1CCSc2c(F)cccc21)c1nn(Cc2ccccc2)c(=O)c2ccccc12. The molecule has 1 amide bonds. The van der Waals surface area contributed by atoms with Crippen LogP contribution in [0.5, 0.6) is 0 Å². The second-order valence-corrected chi connectivity index (χ2v) is 8.77. The number of nitrogens with one attached hydrogen (secondary N) is 1. The first kappa shape index (κ1) is 20.5. The van der Waals surface area contributed by atoms with Gasteiger partial charge in [-0.15, -0.1) is 11.8 Å². The molecule has 7 heteroatoms.